The van der Waals surface area contributed by atoms with E-state index in [2.05, 4.69) is 5.32 Å². The minimum absolute atomic E-state index is 0.117. The zero-order valence-corrected chi connectivity index (χ0v) is 5.47. The highest BCUT2D eigenvalue weighted by Gasteiger charge is 2.15. The van der Waals surface area contributed by atoms with Crippen molar-refractivity contribution in [2.24, 2.45) is 0 Å². The molecule has 0 radical (unpaired) electrons. The van der Waals surface area contributed by atoms with Crippen LogP contribution in [-0.2, 0) is 0 Å². The van der Waals surface area contributed by atoms with Gasteiger partial charge in [-0.15, -0.1) is 0 Å². The molecule has 3 nitrogen and oxygen atoms in total. The van der Waals surface area contributed by atoms with E-state index >= 15 is 0 Å². The average molecular weight is 149 g/mol. The normalized spacial score (nSPS) is 20.5. The molecule has 0 aliphatic carbocycles. The van der Waals surface area contributed by atoms with E-state index in [1.165, 1.54) is 0 Å². The van der Waals surface area contributed by atoms with E-state index in [0.717, 1.165) is 11.8 Å². The molecule has 0 atom stereocenters. The van der Waals surface area contributed by atoms with Gasteiger partial charge in [-0.1, -0.05) is 11.8 Å². The third kappa shape index (κ3) is 1.41. The van der Waals surface area contributed by atoms with Crippen molar-refractivity contribution in [1.82, 2.24) is 5.32 Å². The van der Waals surface area contributed by atoms with Crippen molar-refractivity contribution in [2.75, 3.05) is 5.88 Å². The lowest BCUT2D eigenvalue weighted by Crippen LogP contribution is -2.23. The maximum atomic E-state index is 10.3. The Bertz CT molecular complexity index is 121. The molecule has 1 aliphatic heterocycles. The maximum absolute atomic E-state index is 10.3. The van der Waals surface area contributed by atoms with Crippen molar-refractivity contribution < 1.29 is 9.59 Å². The summed E-state index contributed by atoms with van der Waals surface area (Å²) in [4.78, 5) is 20.6. The number of thioether (sulfide) groups is 2. The molecule has 1 heterocycles. The van der Waals surface area contributed by atoms with Crippen LogP contribution in [0, 0.1) is 0 Å². The third-order valence-corrected chi connectivity index (χ3v) is 2.21. The molecule has 8 heavy (non-hydrogen) atoms. The number of carbonyl (C=O) groups is 2. The summed E-state index contributed by atoms with van der Waals surface area (Å²) in [5.41, 5.74) is 0. The van der Waals surface area contributed by atoms with Crippen LogP contribution in [0.25, 0.3) is 0 Å². The van der Waals surface area contributed by atoms with E-state index < -0.39 is 0 Å². The Kier molecular flexibility index (Phi) is 1.80. The summed E-state index contributed by atoms with van der Waals surface area (Å²) in [5, 5.41) is 2.24. The molecule has 0 aromatic rings. The Labute approximate surface area is 54.6 Å². The minimum Gasteiger partial charge on any atom is -0.337 e. The lowest BCUT2D eigenvalue weighted by atomic mass is 11.2. The predicted molar refractivity (Wildman–Crippen MR) is 34.0 cm³/mol. The molecule has 0 aromatic carbocycles. The van der Waals surface area contributed by atoms with Crippen LogP contribution >= 0.6 is 23.5 Å². The summed E-state index contributed by atoms with van der Waals surface area (Å²) in [7, 11) is 0. The van der Waals surface area contributed by atoms with E-state index in [-0.39, 0.29) is 9.69 Å². The van der Waals surface area contributed by atoms with Gasteiger partial charge in [0.1, 0.15) is 0 Å². The first-order valence-electron chi connectivity index (χ1n) is 1.91. The Morgan fingerprint density at radius 2 is 2.25 bits per heavy atom. The second kappa shape index (κ2) is 2.41. The first-order chi connectivity index (χ1) is 3.79. The molecule has 1 amide bonds. The quantitative estimate of drug-likeness (QED) is 0.563. The van der Waals surface area contributed by atoms with Crippen LogP contribution in [0.5, 0.6) is 0 Å². The van der Waals surface area contributed by atoms with E-state index in [0.29, 0.717) is 17.6 Å². The lowest BCUT2D eigenvalue weighted by molar-refractivity contribution is 0.261. The first kappa shape index (κ1) is 5.97. The molecule has 1 fully saturated rings. The van der Waals surface area contributed by atoms with Crippen LogP contribution in [0.4, 0.5) is 9.59 Å². The molecule has 1 saturated heterocycles. The fraction of sp³-hybridized carbons (Fsp3) is 0.333. The van der Waals surface area contributed by atoms with Gasteiger partial charge in [-0.3, -0.25) is 9.59 Å². The van der Waals surface area contributed by atoms with Gasteiger partial charge in [0, 0.05) is 11.8 Å². The average Bonchev–Trinajstić information content (AvgIpc) is 1.64. The monoisotopic (exact) mass is 149 g/mol. The Morgan fingerprint density at radius 1 is 1.50 bits per heavy atom. The van der Waals surface area contributed by atoms with E-state index in [1.54, 1.807) is 0 Å². The maximum Gasteiger partial charge on any atom is 0.288 e. The summed E-state index contributed by atoms with van der Waals surface area (Å²) in [6, 6.07) is 0. The molecule has 1 N–H and O–H groups in total. The third-order valence-electron chi connectivity index (χ3n) is 0.583. The molecule has 0 spiro atoms. The number of carbonyl (C=O) groups excluding carboxylic acids is 2. The van der Waals surface area contributed by atoms with Gasteiger partial charge in [0.15, 0.2) is 0 Å². The van der Waals surface area contributed by atoms with Gasteiger partial charge in [-0.25, -0.2) is 0 Å². The van der Waals surface area contributed by atoms with Crippen molar-refractivity contribution in [3.63, 3.8) is 0 Å². The number of rotatable bonds is 0. The van der Waals surface area contributed by atoms with Crippen LogP contribution in [0.15, 0.2) is 0 Å². The molecule has 1 rings (SSSR count). The van der Waals surface area contributed by atoms with Crippen molar-refractivity contribution in [3.8, 4) is 0 Å². The number of hydrogen-bond acceptors (Lipinski definition) is 4. The topological polar surface area (TPSA) is 46.2 Å². The predicted octanol–water partition coefficient (Wildman–Crippen LogP) is 1.25. The van der Waals surface area contributed by atoms with Crippen LogP contribution in [0.1, 0.15) is 0 Å². The van der Waals surface area contributed by atoms with Crippen molar-refractivity contribution in [2.45, 2.75) is 0 Å². The van der Waals surface area contributed by atoms with Crippen molar-refractivity contribution in [3.05, 3.63) is 0 Å². The van der Waals surface area contributed by atoms with Crippen molar-refractivity contribution >= 4 is 33.2 Å². The molecule has 5 heteroatoms. The molecule has 1 aliphatic rings. The van der Waals surface area contributed by atoms with Gasteiger partial charge in [0.2, 0.25) is 0 Å². The van der Waals surface area contributed by atoms with Crippen LogP contribution in [0.3, 0.4) is 0 Å². The van der Waals surface area contributed by atoms with Gasteiger partial charge >= 0.3 is 0 Å². The highest BCUT2D eigenvalue weighted by molar-refractivity contribution is 8.45. The molecule has 0 unspecified atom stereocenters. The Balaban J connectivity index is 2.45. The summed E-state index contributed by atoms with van der Waals surface area (Å²) >= 11 is 1.83. The van der Waals surface area contributed by atoms with E-state index in [4.69, 9.17) is 0 Å². The SMILES string of the molecule is O=C1NCSC(=O)S1. The van der Waals surface area contributed by atoms with Crippen LogP contribution in [-0.4, -0.2) is 15.6 Å². The fourth-order valence-electron chi connectivity index (χ4n) is 0.295. The standard InChI is InChI=1S/C3H3NO2S2/c5-2-4-1-7-3(6)8-2/h1H2,(H,4,5). The molecular formula is C3H3NO2S2. The van der Waals surface area contributed by atoms with Gasteiger partial charge in [0.25, 0.3) is 9.69 Å². The number of hydrogen-bond donors (Lipinski definition) is 1. The van der Waals surface area contributed by atoms with Crippen molar-refractivity contribution in [1.29, 1.82) is 0 Å². The number of amides is 1. The molecular weight excluding hydrogens is 146 g/mol. The van der Waals surface area contributed by atoms with Gasteiger partial charge in [-0.2, -0.15) is 0 Å². The summed E-state index contributed by atoms with van der Waals surface area (Å²) in [5.74, 6) is 0.421. The second-order valence-electron chi connectivity index (χ2n) is 1.10. The second-order valence-corrected chi connectivity index (χ2v) is 3.26. The van der Waals surface area contributed by atoms with Gasteiger partial charge in [-0.05, 0) is 0 Å². The summed E-state index contributed by atoms with van der Waals surface area (Å²) < 4.78 is -0.117. The molecule has 0 saturated carbocycles. The fourth-order valence-corrected chi connectivity index (χ4v) is 1.64. The zero-order valence-electron chi connectivity index (χ0n) is 3.84. The Morgan fingerprint density at radius 3 is 2.62 bits per heavy atom. The highest BCUT2D eigenvalue weighted by Crippen LogP contribution is 2.20. The van der Waals surface area contributed by atoms with E-state index in [1.807, 2.05) is 0 Å². The zero-order chi connectivity index (χ0) is 5.98. The molecule has 0 aromatic heterocycles. The lowest BCUT2D eigenvalue weighted by Gasteiger charge is -2.06. The van der Waals surface area contributed by atoms with Gasteiger partial charge < -0.3 is 5.32 Å². The smallest absolute Gasteiger partial charge is 0.288 e. The highest BCUT2D eigenvalue weighted by atomic mass is 32.2. The van der Waals surface area contributed by atoms with E-state index in [9.17, 15) is 9.59 Å². The molecule has 44 valence electrons. The molecule has 0 bridgehead atoms. The van der Waals surface area contributed by atoms with Crippen LogP contribution < -0.4 is 5.32 Å². The van der Waals surface area contributed by atoms with Crippen LogP contribution in [0.2, 0.25) is 0 Å². The number of nitrogens with one attached hydrogen (secondary N) is 1. The largest absolute Gasteiger partial charge is 0.337 e. The first-order valence-corrected chi connectivity index (χ1v) is 3.71. The minimum atomic E-state index is -0.242. The summed E-state index contributed by atoms with van der Waals surface area (Å²) in [6.07, 6.45) is 0. The van der Waals surface area contributed by atoms with Gasteiger partial charge in [0.05, 0.1) is 5.88 Å². The Hall–Kier alpha value is -0.160. The summed E-state index contributed by atoms with van der Waals surface area (Å²) in [6.45, 7) is 0.